The maximum atomic E-state index is 12.4. The molecule has 3 aromatic rings. The van der Waals surface area contributed by atoms with Gasteiger partial charge in [-0.05, 0) is 25.0 Å². The van der Waals surface area contributed by atoms with Gasteiger partial charge in [0.25, 0.3) is 5.91 Å². The molecule has 3 heterocycles. The highest BCUT2D eigenvalue weighted by molar-refractivity contribution is 7.17. The highest BCUT2D eigenvalue weighted by Crippen LogP contribution is 2.29. The third kappa shape index (κ3) is 2.86. The molecule has 1 fully saturated rings. The Morgan fingerprint density at radius 1 is 1.22 bits per heavy atom. The van der Waals surface area contributed by atoms with E-state index >= 15 is 0 Å². The molecule has 0 aromatic carbocycles. The maximum Gasteiger partial charge on any atom is 0.261 e. The second-order valence-corrected chi connectivity index (χ2v) is 7.00. The molecule has 118 valence electrons. The standard InChI is InChI=1S/C17H18N4OS/c22-17(20-12-4-2-1-3-5-12)15-7-6-14(23-15)13-10-19-16-11-18-8-9-21(13)16/h6-12H,1-5H2,(H,20,22). The van der Waals surface area contributed by atoms with Crippen LogP contribution in [0.2, 0.25) is 0 Å². The summed E-state index contributed by atoms with van der Waals surface area (Å²) in [6.45, 7) is 0. The fraction of sp³-hybridized carbons (Fsp3) is 0.353. The number of carbonyl (C=O) groups excluding carboxylic acids is 1. The van der Waals surface area contributed by atoms with Crippen molar-refractivity contribution in [1.82, 2.24) is 19.7 Å². The van der Waals surface area contributed by atoms with Gasteiger partial charge in [0.1, 0.15) is 0 Å². The number of imidazole rings is 1. The summed E-state index contributed by atoms with van der Waals surface area (Å²) >= 11 is 1.51. The monoisotopic (exact) mass is 326 g/mol. The summed E-state index contributed by atoms with van der Waals surface area (Å²) < 4.78 is 1.99. The summed E-state index contributed by atoms with van der Waals surface area (Å²) in [5, 5.41) is 3.17. The molecule has 6 heteroatoms. The van der Waals surface area contributed by atoms with Crippen LogP contribution in [-0.2, 0) is 0 Å². The molecule has 0 spiro atoms. The molecule has 0 bridgehead atoms. The minimum atomic E-state index is 0.0450. The van der Waals surface area contributed by atoms with E-state index in [9.17, 15) is 4.79 Å². The van der Waals surface area contributed by atoms with Crippen molar-refractivity contribution in [2.45, 2.75) is 38.1 Å². The zero-order valence-corrected chi connectivity index (χ0v) is 13.6. The average Bonchev–Trinajstić information content (AvgIpc) is 3.22. The molecule has 5 nitrogen and oxygen atoms in total. The van der Waals surface area contributed by atoms with Crippen molar-refractivity contribution in [1.29, 1.82) is 0 Å². The third-order valence-electron chi connectivity index (χ3n) is 4.34. The van der Waals surface area contributed by atoms with E-state index in [2.05, 4.69) is 15.3 Å². The predicted molar refractivity (Wildman–Crippen MR) is 90.6 cm³/mol. The number of hydrogen-bond donors (Lipinski definition) is 1. The summed E-state index contributed by atoms with van der Waals surface area (Å²) in [5.74, 6) is 0.0450. The van der Waals surface area contributed by atoms with Crippen LogP contribution in [0.4, 0.5) is 0 Å². The van der Waals surface area contributed by atoms with Gasteiger partial charge in [0.05, 0.1) is 27.8 Å². The molecule has 1 saturated carbocycles. The molecule has 0 aliphatic heterocycles. The number of fused-ring (bicyclic) bond motifs is 1. The highest BCUT2D eigenvalue weighted by atomic mass is 32.1. The lowest BCUT2D eigenvalue weighted by Gasteiger charge is -2.22. The summed E-state index contributed by atoms with van der Waals surface area (Å²) in [4.78, 5) is 22.6. The second kappa shape index (κ2) is 6.12. The first-order valence-electron chi connectivity index (χ1n) is 7.99. The van der Waals surface area contributed by atoms with E-state index < -0.39 is 0 Å². The van der Waals surface area contributed by atoms with Crippen molar-refractivity contribution in [3.63, 3.8) is 0 Å². The molecular formula is C17H18N4OS. The minimum Gasteiger partial charge on any atom is -0.349 e. The van der Waals surface area contributed by atoms with Crippen LogP contribution in [0, 0.1) is 0 Å². The van der Waals surface area contributed by atoms with Gasteiger partial charge in [-0.25, -0.2) is 4.98 Å². The summed E-state index contributed by atoms with van der Waals surface area (Å²) in [7, 11) is 0. The zero-order chi connectivity index (χ0) is 15.6. The number of nitrogens with zero attached hydrogens (tertiary/aromatic N) is 3. The predicted octanol–water partition coefficient (Wildman–Crippen LogP) is 3.52. The van der Waals surface area contributed by atoms with Gasteiger partial charge < -0.3 is 5.32 Å². The third-order valence-corrected chi connectivity index (χ3v) is 5.45. The molecule has 1 aliphatic rings. The Kier molecular flexibility index (Phi) is 3.83. The molecule has 0 saturated heterocycles. The van der Waals surface area contributed by atoms with E-state index in [0.717, 1.165) is 33.9 Å². The zero-order valence-electron chi connectivity index (χ0n) is 12.7. The molecule has 1 N–H and O–H groups in total. The Balaban J connectivity index is 1.55. The van der Waals surface area contributed by atoms with Gasteiger partial charge in [-0.3, -0.25) is 14.2 Å². The van der Waals surface area contributed by atoms with Crippen molar-refractivity contribution in [2.24, 2.45) is 0 Å². The molecule has 1 aliphatic carbocycles. The van der Waals surface area contributed by atoms with Crippen molar-refractivity contribution in [2.75, 3.05) is 0 Å². The summed E-state index contributed by atoms with van der Waals surface area (Å²) in [6, 6.07) is 4.23. The summed E-state index contributed by atoms with van der Waals surface area (Å²) in [6.07, 6.45) is 13.1. The number of aromatic nitrogens is 3. The van der Waals surface area contributed by atoms with Crippen LogP contribution in [0.5, 0.6) is 0 Å². The fourth-order valence-electron chi connectivity index (χ4n) is 3.13. The Morgan fingerprint density at radius 3 is 2.96 bits per heavy atom. The molecule has 3 aromatic heterocycles. The second-order valence-electron chi connectivity index (χ2n) is 5.92. The summed E-state index contributed by atoms with van der Waals surface area (Å²) in [5.41, 5.74) is 1.80. The lowest BCUT2D eigenvalue weighted by molar-refractivity contribution is 0.0932. The number of nitrogens with one attached hydrogen (secondary N) is 1. The molecule has 0 unspecified atom stereocenters. The van der Waals surface area contributed by atoms with E-state index in [-0.39, 0.29) is 5.91 Å². The van der Waals surface area contributed by atoms with Gasteiger partial charge in [-0.1, -0.05) is 19.3 Å². The van der Waals surface area contributed by atoms with E-state index in [1.165, 1.54) is 30.6 Å². The van der Waals surface area contributed by atoms with Gasteiger partial charge in [-0.15, -0.1) is 11.3 Å². The molecule has 4 rings (SSSR count). The Labute approximate surface area is 138 Å². The quantitative estimate of drug-likeness (QED) is 0.801. The van der Waals surface area contributed by atoms with Crippen LogP contribution < -0.4 is 5.32 Å². The average molecular weight is 326 g/mol. The number of hydrogen-bond acceptors (Lipinski definition) is 4. The van der Waals surface area contributed by atoms with E-state index in [1.807, 2.05) is 28.9 Å². The van der Waals surface area contributed by atoms with E-state index in [0.29, 0.717) is 6.04 Å². The number of amides is 1. The number of carbonyl (C=O) groups is 1. The SMILES string of the molecule is O=C(NC1CCCCC1)c1ccc(-c2cnc3cnccn23)s1. The van der Waals surface area contributed by atoms with Crippen molar-refractivity contribution in [3.05, 3.63) is 41.8 Å². The lowest BCUT2D eigenvalue weighted by atomic mass is 9.95. The van der Waals surface area contributed by atoms with Crippen molar-refractivity contribution < 1.29 is 4.79 Å². The van der Waals surface area contributed by atoms with Gasteiger partial charge in [0.15, 0.2) is 5.65 Å². The molecule has 0 radical (unpaired) electrons. The van der Waals surface area contributed by atoms with Crippen molar-refractivity contribution >= 4 is 22.9 Å². The van der Waals surface area contributed by atoms with Crippen LogP contribution >= 0.6 is 11.3 Å². The first-order valence-corrected chi connectivity index (χ1v) is 8.81. The number of rotatable bonds is 3. The normalized spacial score (nSPS) is 15.8. The topological polar surface area (TPSA) is 59.3 Å². The Morgan fingerprint density at radius 2 is 2.09 bits per heavy atom. The van der Waals surface area contributed by atoms with Crippen LogP contribution in [0.3, 0.4) is 0 Å². The minimum absolute atomic E-state index is 0.0450. The van der Waals surface area contributed by atoms with Gasteiger partial charge in [-0.2, -0.15) is 0 Å². The van der Waals surface area contributed by atoms with Gasteiger partial charge in [0, 0.05) is 18.4 Å². The smallest absolute Gasteiger partial charge is 0.261 e. The first-order chi connectivity index (χ1) is 11.3. The number of thiophene rings is 1. The maximum absolute atomic E-state index is 12.4. The van der Waals surface area contributed by atoms with Crippen LogP contribution in [0.25, 0.3) is 16.2 Å². The largest absolute Gasteiger partial charge is 0.349 e. The molecule has 23 heavy (non-hydrogen) atoms. The molecule has 0 atom stereocenters. The lowest BCUT2D eigenvalue weighted by Crippen LogP contribution is -2.35. The first kappa shape index (κ1) is 14.4. The van der Waals surface area contributed by atoms with Crippen molar-refractivity contribution in [3.8, 4) is 10.6 Å². The molecular weight excluding hydrogens is 308 g/mol. The fourth-order valence-corrected chi connectivity index (χ4v) is 4.04. The van der Waals surface area contributed by atoms with Crippen LogP contribution in [0.1, 0.15) is 41.8 Å². The molecule has 1 amide bonds. The van der Waals surface area contributed by atoms with Crippen LogP contribution in [0.15, 0.2) is 36.9 Å². The Bertz CT molecular complexity index is 832. The van der Waals surface area contributed by atoms with E-state index in [4.69, 9.17) is 0 Å². The highest BCUT2D eigenvalue weighted by Gasteiger charge is 2.18. The Hall–Kier alpha value is -2.21. The van der Waals surface area contributed by atoms with Gasteiger partial charge in [0.2, 0.25) is 0 Å². The van der Waals surface area contributed by atoms with Crippen LogP contribution in [-0.4, -0.2) is 26.3 Å². The van der Waals surface area contributed by atoms with Gasteiger partial charge >= 0.3 is 0 Å². The van der Waals surface area contributed by atoms with E-state index in [1.54, 1.807) is 12.4 Å².